The summed E-state index contributed by atoms with van der Waals surface area (Å²) in [7, 11) is 0. The highest BCUT2D eigenvalue weighted by Gasteiger charge is 2.70. The van der Waals surface area contributed by atoms with Crippen molar-refractivity contribution in [1.82, 2.24) is 10.2 Å². The summed E-state index contributed by atoms with van der Waals surface area (Å²) in [4.78, 5) is 40.6. The standard InChI is InChI=1S/C50H77FN2O6/c1-10-58-42(56)49(43(57)59-11-2)26-29-53(30-27-49)31-28-52-50-23-16-35(33(3)4)40(50)37-12-13-39-45(7)19-17-36(34-14-21-48(32-51,22-15-34)41(54)55)44(5,6)38(45)18-20-47(39,9)46(37,8)24-25-50/h14,17,35,37-40,52H,3,10-13,15-16,18-32H2,1-2,4-9H3,(H,54,55). The van der Waals surface area contributed by atoms with E-state index in [0.29, 0.717) is 68.4 Å². The zero-order valence-electron chi connectivity index (χ0n) is 37.9. The van der Waals surface area contributed by atoms with E-state index in [1.165, 1.54) is 68.1 Å². The number of carbonyl (C=O) groups excluding carboxylic acids is 2. The van der Waals surface area contributed by atoms with E-state index < -0.39 is 35.4 Å². The second-order valence-electron chi connectivity index (χ2n) is 21.8. The second kappa shape index (κ2) is 16.0. The molecule has 0 amide bonds. The van der Waals surface area contributed by atoms with Crippen LogP contribution in [0.15, 0.2) is 35.5 Å². The lowest BCUT2D eigenvalue weighted by Gasteiger charge is -2.72. The summed E-state index contributed by atoms with van der Waals surface area (Å²) < 4.78 is 24.8. The lowest BCUT2D eigenvalue weighted by Crippen LogP contribution is -2.68. The van der Waals surface area contributed by atoms with E-state index in [0.717, 1.165) is 19.5 Å². The molecule has 10 unspecified atom stereocenters. The van der Waals surface area contributed by atoms with Gasteiger partial charge in [-0.05, 0) is 186 Å². The Labute approximate surface area is 354 Å². The quantitative estimate of drug-likeness (QED) is 0.114. The van der Waals surface area contributed by atoms with Crippen molar-refractivity contribution in [3.8, 4) is 0 Å². The van der Waals surface area contributed by atoms with Gasteiger partial charge in [-0.15, -0.1) is 0 Å². The third kappa shape index (κ3) is 6.82. The molecule has 0 bridgehead atoms. The smallest absolute Gasteiger partial charge is 0.323 e. The van der Waals surface area contributed by atoms with Gasteiger partial charge < -0.3 is 24.8 Å². The van der Waals surface area contributed by atoms with Crippen molar-refractivity contribution in [3.05, 3.63) is 35.5 Å². The van der Waals surface area contributed by atoms with E-state index in [1.807, 2.05) is 0 Å². The lowest BCUT2D eigenvalue weighted by molar-refractivity contribution is -0.221. The number of rotatable bonds is 12. The first-order valence-corrected chi connectivity index (χ1v) is 23.5. The number of nitrogens with one attached hydrogen (secondary N) is 1. The number of nitrogens with zero attached hydrogens (tertiary/aromatic N) is 1. The molecule has 4 saturated carbocycles. The van der Waals surface area contributed by atoms with Crippen molar-refractivity contribution in [1.29, 1.82) is 0 Å². The molecule has 7 rings (SSSR count). The zero-order chi connectivity index (χ0) is 42.8. The number of alkyl halides is 1. The number of aliphatic carboxylic acids is 1. The Morgan fingerprint density at radius 3 is 2.10 bits per heavy atom. The molecule has 9 heteroatoms. The lowest BCUT2D eigenvalue weighted by atomic mass is 9.33. The minimum Gasteiger partial charge on any atom is -0.481 e. The first-order chi connectivity index (χ1) is 27.8. The summed E-state index contributed by atoms with van der Waals surface area (Å²) >= 11 is 0. The number of ether oxygens (including phenoxy) is 2. The average molecular weight is 821 g/mol. The molecule has 0 aromatic rings. The normalized spacial score (nSPS) is 41.2. The van der Waals surface area contributed by atoms with Crippen LogP contribution in [0.3, 0.4) is 0 Å². The van der Waals surface area contributed by atoms with E-state index in [-0.39, 0.29) is 46.8 Å². The van der Waals surface area contributed by atoms with Gasteiger partial charge in [0.15, 0.2) is 5.41 Å². The largest absolute Gasteiger partial charge is 0.481 e. The monoisotopic (exact) mass is 821 g/mol. The summed E-state index contributed by atoms with van der Waals surface area (Å²) in [6.45, 7) is 26.2. The van der Waals surface area contributed by atoms with Gasteiger partial charge in [0.2, 0.25) is 0 Å². The number of hydrogen-bond acceptors (Lipinski definition) is 7. The van der Waals surface area contributed by atoms with Crippen LogP contribution < -0.4 is 5.32 Å². The summed E-state index contributed by atoms with van der Waals surface area (Å²) in [5.74, 6) is 0.967. The van der Waals surface area contributed by atoms with Crippen LogP contribution in [0, 0.1) is 62.1 Å². The maximum absolute atomic E-state index is 14.0. The van der Waals surface area contributed by atoms with Gasteiger partial charge in [-0.1, -0.05) is 58.9 Å². The van der Waals surface area contributed by atoms with Gasteiger partial charge in [-0.3, -0.25) is 14.4 Å². The molecule has 7 aliphatic rings. The van der Waals surface area contributed by atoms with Crippen LogP contribution in [0.5, 0.6) is 0 Å². The maximum atomic E-state index is 14.0. The fraction of sp³-hybridized carbons (Fsp3) is 0.820. The van der Waals surface area contributed by atoms with Gasteiger partial charge in [0, 0.05) is 18.6 Å². The Morgan fingerprint density at radius 1 is 0.847 bits per heavy atom. The number of carboxylic acids is 1. The molecule has 1 saturated heterocycles. The van der Waals surface area contributed by atoms with E-state index >= 15 is 0 Å². The number of carboxylic acid groups (broad SMARTS) is 1. The molecule has 6 aliphatic carbocycles. The summed E-state index contributed by atoms with van der Waals surface area (Å²) in [6, 6.07) is 0. The molecule has 2 N–H and O–H groups in total. The molecule has 10 atom stereocenters. The Kier molecular flexibility index (Phi) is 12.1. The van der Waals surface area contributed by atoms with E-state index in [9.17, 15) is 23.9 Å². The number of hydrogen-bond donors (Lipinski definition) is 2. The molecular formula is C50H77FN2O6. The van der Waals surface area contributed by atoms with Gasteiger partial charge in [-0.25, -0.2) is 4.39 Å². The van der Waals surface area contributed by atoms with Gasteiger partial charge in [-0.2, -0.15) is 0 Å². The molecular weight excluding hydrogens is 744 g/mol. The van der Waals surface area contributed by atoms with E-state index in [1.54, 1.807) is 13.8 Å². The number of likely N-dealkylation sites (tertiary alicyclic amines) is 1. The van der Waals surface area contributed by atoms with Gasteiger partial charge in [0.25, 0.3) is 0 Å². The van der Waals surface area contributed by atoms with Crippen molar-refractivity contribution < 1.29 is 33.4 Å². The molecule has 1 aliphatic heterocycles. The Balaban J connectivity index is 1.08. The number of fused-ring (bicyclic) bond motifs is 7. The number of carbonyl (C=O) groups is 3. The predicted molar refractivity (Wildman–Crippen MR) is 230 cm³/mol. The van der Waals surface area contributed by atoms with Crippen LogP contribution in [-0.4, -0.2) is 79.5 Å². The molecule has 0 radical (unpaired) electrons. The second-order valence-corrected chi connectivity index (χ2v) is 21.8. The molecule has 59 heavy (non-hydrogen) atoms. The number of piperidine rings is 1. The Morgan fingerprint density at radius 2 is 1.53 bits per heavy atom. The van der Waals surface area contributed by atoms with Crippen LogP contribution in [-0.2, 0) is 23.9 Å². The van der Waals surface area contributed by atoms with Crippen molar-refractivity contribution >= 4 is 17.9 Å². The Hall–Kier alpha value is -2.52. The average Bonchev–Trinajstić information content (AvgIpc) is 3.58. The minimum atomic E-state index is -1.27. The maximum Gasteiger partial charge on any atom is 0.323 e. The van der Waals surface area contributed by atoms with Crippen LogP contribution in [0.4, 0.5) is 4.39 Å². The highest BCUT2D eigenvalue weighted by molar-refractivity contribution is 6.00. The molecule has 0 spiro atoms. The van der Waals surface area contributed by atoms with Gasteiger partial charge in [0.1, 0.15) is 6.67 Å². The fourth-order valence-electron chi connectivity index (χ4n) is 15.8. The topological polar surface area (TPSA) is 105 Å². The molecule has 8 nitrogen and oxygen atoms in total. The number of allylic oxidation sites excluding steroid dienone is 5. The zero-order valence-corrected chi connectivity index (χ0v) is 37.9. The SMILES string of the molecule is C=C(C)C1CCC2(NCCN3CCC(C(=O)OCC)(C(=O)OCC)CC3)CCC3(C)C(CCC4C5(C)CC=C(C6=CCC(CF)(C(=O)O)CC6)C(C)(C)C5CCC43C)C12. The molecule has 0 aromatic heterocycles. The van der Waals surface area contributed by atoms with Crippen LogP contribution >= 0.6 is 0 Å². The molecule has 0 aromatic carbocycles. The van der Waals surface area contributed by atoms with E-state index in [4.69, 9.17) is 9.47 Å². The van der Waals surface area contributed by atoms with Crippen molar-refractivity contribution in [2.45, 2.75) is 151 Å². The highest BCUT2D eigenvalue weighted by atomic mass is 19.1. The first-order valence-electron chi connectivity index (χ1n) is 23.5. The third-order valence-corrected chi connectivity index (χ3v) is 19.3. The molecule has 330 valence electrons. The van der Waals surface area contributed by atoms with Crippen molar-refractivity contribution in [3.63, 3.8) is 0 Å². The van der Waals surface area contributed by atoms with Crippen LogP contribution in [0.25, 0.3) is 0 Å². The van der Waals surface area contributed by atoms with Crippen molar-refractivity contribution in [2.75, 3.05) is 46.1 Å². The number of esters is 2. The van der Waals surface area contributed by atoms with Gasteiger partial charge >= 0.3 is 17.9 Å². The summed E-state index contributed by atoms with van der Waals surface area (Å²) in [5.41, 5.74) is 2.20. The minimum absolute atomic E-state index is 0.0352. The molecule has 5 fully saturated rings. The van der Waals surface area contributed by atoms with Crippen molar-refractivity contribution in [2.24, 2.45) is 62.1 Å². The van der Waals surface area contributed by atoms with E-state index in [2.05, 4.69) is 70.5 Å². The molecule has 1 heterocycles. The van der Waals surface area contributed by atoms with Gasteiger partial charge in [0.05, 0.1) is 18.6 Å². The summed E-state index contributed by atoms with van der Waals surface area (Å²) in [5, 5.41) is 14.1. The fourth-order valence-corrected chi connectivity index (χ4v) is 15.8. The Bertz CT molecular complexity index is 1710. The van der Waals surface area contributed by atoms with Crippen LogP contribution in [0.2, 0.25) is 0 Å². The first kappa shape index (κ1) is 44.5. The van der Waals surface area contributed by atoms with Crippen LogP contribution in [0.1, 0.15) is 145 Å². The predicted octanol–water partition coefficient (Wildman–Crippen LogP) is 9.88. The summed E-state index contributed by atoms with van der Waals surface area (Å²) in [6.07, 6.45) is 17.6. The third-order valence-electron chi connectivity index (χ3n) is 19.3. The number of halogens is 1. The highest BCUT2D eigenvalue weighted by Crippen LogP contribution is 2.76.